The lowest BCUT2D eigenvalue weighted by Gasteiger charge is -2.17. The number of hydrogen-bond donors (Lipinski definition) is 1. The molecule has 1 fully saturated rings. The van der Waals surface area contributed by atoms with Crippen molar-refractivity contribution in [3.8, 4) is 0 Å². The molecule has 3 nitrogen and oxygen atoms in total. The lowest BCUT2D eigenvalue weighted by Crippen LogP contribution is -2.25. The second kappa shape index (κ2) is 8.11. The van der Waals surface area contributed by atoms with Crippen LogP contribution in [0, 0.1) is 12.8 Å². The number of thioether (sulfide) groups is 1. The number of hydrogen-bond acceptors (Lipinski definition) is 4. The summed E-state index contributed by atoms with van der Waals surface area (Å²) in [7, 11) is 0. The lowest BCUT2D eigenvalue weighted by atomic mass is 10.2. The largest absolute Gasteiger partial charge is 0.463 e. The molecule has 0 aromatic carbocycles. The number of nitrogens with zero attached hydrogens (tertiary/aromatic N) is 1. The van der Waals surface area contributed by atoms with Crippen molar-refractivity contribution in [2.24, 2.45) is 5.92 Å². The summed E-state index contributed by atoms with van der Waals surface area (Å²) in [5, 5.41) is 3.46. The van der Waals surface area contributed by atoms with Gasteiger partial charge in [0.05, 0.1) is 13.1 Å². The Kier molecular flexibility index (Phi) is 6.46. The van der Waals surface area contributed by atoms with Crippen molar-refractivity contribution in [3.63, 3.8) is 0 Å². The predicted octanol–water partition coefficient (Wildman–Crippen LogP) is 3.27. The summed E-state index contributed by atoms with van der Waals surface area (Å²) in [6.07, 6.45) is 1.30. The van der Waals surface area contributed by atoms with Crippen LogP contribution in [0.2, 0.25) is 0 Å². The van der Waals surface area contributed by atoms with Crippen molar-refractivity contribution in [1.29, 1.82) is 0 Å². The van der Waals surface area contributed by atoms with Crippen LogP contribution in [-0.4, -0.2) is 36.0 Å². The van der Waals surface area contributed by atoms with E-state index in [0.717, 1.165) is 31.2 Å². The zero-order chi connectivity index (χ0) is 14.4. The van der Waals surface area contributed by atoms with Gasteiger partial charge in [-0.05, 0) is 49.7 Å². The monoisotopic (exact) mass is 296 g/mol. The van der Waals surface area contributed by atoms with Gasteiger partial charge in [0.15, 0.2) is 0 Å². The van der Waals surface area contributed by atoms with E-state index < -0.39 is 0 Å². The predicted molar refractivity (Wildman–Crippen MR) is 87.2 cm³/mol. The lowest BCUT2D eigenvalue weighted by molar-refractivity contribution is 0.258. The molecule has 1 N–H and O–H groups in total. The second-order valence-corrected chi connectivity index (χ2v) is 7.31. The normalized spacial score (nSPS) is 17.6. The molecule has 1 aromatic heterocycles. The third kappa shape index (κ3) is 5.15. The fourth-order valence-electron chi connectivity index (χ4n) is 2.49. The highest BCUT2D eigenvalue weighted by molar-refractivity contribution is 7.99. The van der Waals surface area contributed by atoms with E-state index in [1.54, 1.807) is 0 Å². The second-order valence-electron chi connectivity index (χ2n) is 6.09. The molecule has 0 unspecified atom stereocenters. The Labute approximate surface area is 127 Å². The van der Waals surface area contributed by atoms with Gasteiger partial charge in [-0.2, -0.15) is 11.8 Å². The van der Waals surface area contributed by atoms with E-state index in [2.05, 4.69) is 48.8 Å². The van der Waals surface area contributed by atoms with Crippen LogP contribution in [0.4, 0.5) is 0 Å². The zero-order valence-corrected chi connectivity index (χ0v) is 13.9. The van der Waals surface area contributed by atoms with E-state index in [9.17, 15) is 0 Å². The molecule has 0 radical (unpaired) electrons. The molecular weight excluding hydrogens is 268 g/mol. The van der Waals surface area contributed by atoms with Crippen LogP contribution in [0.15, 0.2) is 10.5 Å². The molecule has 0 saturated carbocycles. The van der Waals surface area contributed by atoms with Crippen LogP contribution in [-0.2, 0) is 13.1 Å². The Morgan fingerprint density at radius 1 is 1.35 bits per heavy atom. The van der Waals surface area contributed by atoms with Crippen LogP contribution in [0.3, 0.4) is 0 Å². The average Bonchev–Trinajstić information content (AvgIpc) is 2.61. The summed E-state index contributed by atoms with van der Waals surface area (Å²) in [5.74, 6) is 5.46. The molecule has 114 valence electrons. The first-order chi connectivity index (χ1) is 9.65. The van der Waals surface area contributed by atoms with Gasteiger partial charge in [0.2, 0.25) is 0 Å². The van der Waals surface area contributed by atoms with Crippen molar-refractivity contribution in [3.05, 3.63) is 23.2 Å². The summed E-state index contributed by atoms with van der Waals surface area (Å²) in [6.45, 7) is 11.8. The van der Waals surface area contributed by atoms with E-state index in [4.69, 9.17) is 4.42 Å². The molecule has 4 heteroatoms. The highest BCUT2D eigenvalue weighted by atomic mass is 32.2. The minimum atomic E-state index is 0.680. The third-order valence-corrected chi connectivity index (χ3v) is 4.65. The Morgan fingerprint density at radius 2 is 2.20 bits per heavy atom. The van der Waals surface area contributed by atoms with Crippen LogP contribution in [0.1, 0.15) is 37.4 Å². The van der Waals surface area contributed by atoms with Crippen LogP contribution < -0.4 is 5.32 Å². The van der Waals surface area contributed by atoms with Crippen molar-refractivity contribution < 1.29 is 4.42 Å². The van der Waals surface area contributed by atoms with Gasteiger partial charge in [-0.1, -0.05) is 13.8 Å². The van der Waals surface area contributed by atoms with E-state index >= 15 is 0 Å². The van der Waals surface area contributed by atoms with E-state index in [1.807, 2.05) is 0 Å². The summed E-state index contributed by atoms with van der Waals surface area (Å²) in [6, 6.07) is 2.21. The summed E-state index contributed by atoms with van der Waals surface area (Å²) < 4.78 is 6.03. The van der Waals surface area contributed by atoms with Crippen LogP contribution >= 0.6 is 11.8 Å². The molecule has 1 aliphatic rings. The standard InChI is InChI=1S/C16H28N2OS/c1-13(2)10-17-11-16-14(3)9-15(19-16)12-18-5-4-7-20-8-6-18/h9,13,17H,4-8,10-12H2,1-3H3. The molecule has 20 heavy (non-hydrogen) atoms. The van der Waals surface area contributed by atoms with Crippen molar-refractivity contribution in [1.82, 2.24) is 10.2 Å². The smallest absolute Gasteiger partial charge is 0.120 e. The number of nitrogens with one attached hydrogen (secondary N) is 1. The van der Waals surface area contributed by atoms with E-state index in [0.29, 0.717) is 5.92 Å². The first-order valence-electron chi connectivity index (χ1n) is 7.74. The third-order valence-electron chi connectivity index (χ3n) is 3.60. The average molecular weight is 296 g/mol. The van der Waals surface area contributed by atoms with Crippen molar-refractivity contribution in [2.75, 3.05) is 31.1 Å². The molecule has 0 amide bonds. The SMILES string of the molecule is Cc1cc(CN2CCCSCC2)oc1CNCC(C)C. The first kappa shape index (κ1) is 15.9. The topological polar surface area (TPSA) is 28.4 Å². The Balaban J connectivity index is 1.85. The van der Waals surface area contributed by atoms with E-state index in [-0.39, 0.29) is 0 Å². The fourth-order valence-corrected chi connectivity index (χ4v) is 3.42. The van der Waals surface area contributed by atoms with Crippen LogP contribution in [0.25, 0.3) is 0 Å². The van der Waals surface area contributed by atoms with Gasteiger partial charge in [0.1, 0.15) is 11.5 Å². The summed E-state index contributed by atoms with van der Waals surface area (Å²) in [4.78, 5) is 2.52. The Morgan fingerprint density at radius 3 is 3.00 bits per heavy atom. The van der Waals surface area contributed by atoms with Gasteiger partial charge in [0, 0.05) is 12.3 Å². The Bertz CT molecular complexity index is 395. The molecule has 2 heterocycles. The van der Waals surface area contributed by atoms with Crippen LogP contribution in [0.5, 0.6) is 0 Å². The molecule has 0 spiro atoms. The molecule has 0 bridgehead atoms. The Hall–Kier alpha value is -0.450. The maximum atomic E-state index is 6.03. The molecule has 0 aliphatic carbocycles. The molecule has 1 aromatic rings. The quantitative estimate of drug-likeness (QED) is 0.872. The fraction of sp³-hybridized carbons (Fsp3) is 0.750. The molecular formula is C16H28N2OS. The van der Waals surface area contributed by atoms with Gasteiger partial charge in [0.25, 0.3) is 0 Å². The van der Waals surface area contributed by atoms with Crippen molar-refractivity contribution >= 4 is 11.8 Å². The molecule has 1 saturated heterocycles. The van der Waals surface area contributed by atoms with Gasteiger partial charge < -0.3 is 9.73 Å². The van der Waals surface area contributed by atoms with Gasteiger partial charge in [-0.3, -0.25) is 4.90 Å². The summed E-state index contributed by atoms with van der Waals surface area (Å²) >= 11 is 2.07. The maximum absolute atomic E-state index is 6.03. The summed E-state index contributed by atoms with van der Waals surface area (Å²) in [5.41, 5.74) is 1.28. The molecule has 0 atom stereocenters. The highest BCUT2D eigenvalue weighted by Crippen LogP contribution is 2.18. The number of rotatable bonds is 6. The van der Waals surface area contributed by atoms with Gasteiger partial charge in [-0.15, -0.1) is 0 Å². The first-order valence-corrected chi connectivity index (χ1v) is 8.89. The number of furan rings is 1. The van der Waals surface area contributed by atoms with E-state index in [1.165, 1.54) is 36.6 Å². The number of aryl methyl sites for hydroxylation is 1. The van der Waals surface area contributed by atoms with Gasteiger partial charge in [-0.25, -0.2) is 0 Å². The molecule has 2 rings (SSSR count). The molecule has 1 aliphatic heterocycles. The van der Waals surface area contributed by atoms with Gasteiger partial charge >= 0.3 is 0 Å². The van der Waals surface area contributed by atoms with Crippen molar-refractivity contribution in [2.45, 2.75) is 40.3 Å². The minimum absolute atomic E-state index is 0.680. The zero-order valence-electron chi connectivity index (χ0n) is 13.1. The maximum Gasteiger partial charge on any atom is 0.120 e. The minimum Gasteiger partial charge on any atom is -0.463 e. The highest BCUT2D eigenvalue weighted by Gasteiger charge is 2.13.